The first-order chi connectivity index (χ1) is 10.2. The van der Waals surface area contributed by atoms with Gasteiger partial charge < -0.3 is 19.5 Å². The lowest BCUT2D eigenvalue weighted by molar-refractivity contribution is 0.0475. The molecule has 7 heteroatoms. The van der Waals surface area contributed by atoms with Crippen molar-refractivity contribution in [3.63, 3.8) is 0 Å². The number of ether oxygens (including phenoxy) is 3. The van der Waals surface area contributed by atoms with Gasteiger partial charge in [-0.25, -0.2) is 13.6 Å². The summed E-state index contributed by atoms with van der Waals surface area (Å²) in [5.74, 6) is -1.40. The van der Waals surface area contributed by atoms with E-state index in [2.05, 4.69) is 5.32 Å². The summed E-state index contributed by atoms with van der Waals surface area (Å²) in [5.41, 5.74) is -0.619. The second-order valence-corrected chi connectivity index (χ2v) is 6.04. The highest BCUT2D eigenvalue weighted by atomic mass is 19.1. The van der Waals surface area contributed by atoms with E-state index >= 15 is 0 Å². The normalized spacial score (nSPS) is 18.5. The molecule has 0 aliphatic carbocycles. The van der Waals surface area contributed by atoms with Crippen molar-refractivity contribution in [2.45, 2.75) is 38.5 Å². The maximum Gasteiger partial charge on any atom is 0.408 e. The van der Waals surface area contributed by atoms with Gasteiger partial charge in [0.2, 0.25) is 0 Å². The van der Waals surface area contributed by atoms with E-state index in [1.807, 2.05) is 0 Å². The van der Waals surface area contributed by atoms with Crippen LogP contribution in [0.3, 0.4) is 0 Å². The maximum absolute atomic E-state index is 13.1. The highest BCUT2D eigenvalue weighted by Crippen LogP contribution is 2.19. The largest absolute Gasteiger partial charge is 0.491 e. The average molecular weight is 315 g/mol. The number of rotatable bonds is 5. The molecule has 1 aromatic rings. The van der Waals surface area contributed by atoms with Gasteiger partial charge >= 0.3 is 6.09 Å². The first kappa shape index (κ1) is 16.5. The number of halogens is 2. The van der Waals surface area contributed by atoms with Crippen LogP contribution in [0.15, 0.2) is 18.2 Å². The second-order valence-electron chi connectivity index (χ2n) is 6.04. The predicted molar refractivity (Wildman–Crippen MR) is 74.8 cm³/mol. The standard InChI is InChI=1S/C15H19F2NO4/c1-15(2,3)22-14(19)18-12(13-8-21-13)7-20-11-5-9(16)4-10(17)6-11/h4-6,12-13H,7-8H2,1-3H3,(H,18,19). The van der Waals surface area contributed by atoms with Crippen LogP contribution in [0.1, 0.15) is 20.8 Å². The molecule has 1 heterocycles. The van der Waals surface area contributed by atoms with E-state index in [1.165, 1.54) is 0 Å². The minimum atomic E-state index is -0.727. The SMILES string of the molecule is CC(C)(C)OC(=O)NC(COc1cc(F)cc(F)c1)C1CO1. The Morgan fingerprint density at radius 2 is 1.95 bits per heavy atom. The summed E-state index contributed by atoms with van der Waals surface area (Å²) in [6.45, 7) is 5.76. The zero-order chi connectivity index (χ0) is 16.3. The minimum absolute atomic E-state index is 0.0206. The summed E-state index contributed by atoms with van der Waals surface area (Å²) in [6, 6.07) is 2.44. The number of alkyl carbamates (subject to hydrolysis) is 1. The lowest BCUT2D eigenvalue weighted by Gasteiger charge is -2.23. The van der Waals surface area contributed by atoms with E-state index in [-0.39, 0.29) is 18.5 Å². The van der Waals surface area contributed by atoms with Crippen LogP contribution >= 0.6 is 0 Å². The first-order valence-corrected chi connectivity index (χ1v) is 6.93. The number of carbonyl (C=O) groups excluding carboxylic acids is 1. The molecule has 0 bridgehead atoms. The zero-order valence-electron chi connectivity index (χ0n) is 12.7. The van der Waals surface area contributed by atoms with Crippen molar-refractivity contribution in [3.05, 3.63) is 29.8 Å². The van der Waals surface area contributed by atoms with E-state index in [0.29, 0.717) is 6.61 Å². The molecule has 1 aromatic carbocycles. The molecule has 1 fully saturated rings. The molecule has 1 amide bonds. The highest BCUT2D eigenvalue weighted by Gasteiger charge is 2.35. The van der Waals surface area contributed by atoms with Gasteiger partial charge in [0, 0.05) is 18.2 Å². The molecule has 2 atom stereocenters. The van der Waals surface area contributed by atoms with Crippen molar-refractivity contribution >= 4 is 6.09 Å². The van der Waals surface area contributed by atoms with Crippen LogP contribution in [0.5, 0.6) is 5.75 Å². The predicted octanol–water partition coefficient (Wildman–Crippen LogP) is 2.64. The molecule has 22 heavy (non-hydrogen) atoms. The first-order valence-electron chi connectivity index (χ1n) is 6.93. The molecule has 0 saturated carbocycles. The molecule has 1 saturated heterocycles. The summed E-state index contributed by atoms with van der Waals surface area (Å²) in [4.78, 5) is 11.8. The number of hydrogen-bond donors (Lipinski definition) is 1. The van der Waals surface area contributed by atoms with E-state index in [4.69, 9.17) is 14.2 Å². The lowest BCUT2D eigenvalue weighted by atomic mass is 10.2. The van der Waals surface area contributed by atoms with E-state index in [1.54, 1.807) is 20.8 Å². The van der Waals surface area contributed by atoms with Gasteiger partial charge in [0.25, 0.3) is 0 Å². The Kier molecular flexibility index (Phi) is 4.85. The molecule has 0 aromatic heterocycles. The van der Waals surface area contributed by atoms with Gasteiger partial charge in [-0.15, -0.1) is 0 Å². The van der Waals surface area contributed by atoms with E-state index in [9.17, 15) is 13.6 Å². The number of benzene rings is 1. The zero-order valence-corrected chi connectivity index (χ0v) is 12.7. The van der Waals surface area contributed by atoms with Crippen LogP contribution in [-0.2, 0) is 9.47 Å². The molecule has 0 radical (unpaired) electrons. The molecule has 0 spiro atoms. The van der Waals surface area contributed by atoms with Crippen molar-refractivity contribution in [2.24, 2.45) is 0 Å². The van der Waals surface area contributed by atoms with Crippen molar-refractivity contribution in [1.82, 2.24) is 5.32 Å². The molecule has 122 valence electrons. The Labute approximate surface area is 127 Å². The molecule has 2 unspecified atom stereocenters. The molecule has 2 rings (SSSR count). The van der Waals surface area contributed by atoms with Crippen molar-refractivity contribution in [3.8, 4) is 5.75 Å². The van der Waals surface area contributed by atoms with Crippen LogP contribution in [0.2, 0.25) is 0 Å². The van der Waals surface area contributed by atoms with Crippen molar-refractivity contribution in [2.75, 3.05) is 13.2 Å². The summed E-state index contributed by atoms with van der Waals surface area (Å²) in [7, 11) is 0. The van der Waals surface area contributed by atoms with Crippen LogP contribution in [-0.4, -0.2) is 37.1 Å². The fraction of sp³-hybridized carbons (Fsp3) is 0.533. The molecule has 5 nitrogen and oxygen atoms in total. The number of carbonyl (C=O) groups is 1. The Morgan fingerprint density at radius 1 is 1.36 bits per heavy atom. The van der Waals surface area contributed by atoms with Gasteiger partial charge in [-0.3, -0.25) is 0 Å². The van der Waals surface area contributed by atoms with Crippen LogP contribution in [0.4, 0.5) is 13.6 Å². The topological polar surface area (TPSA) is 60.1 Å². The molecule has 1 aliphatic heterocycles. The van der Waals surface area contributed by atoms with Gasteiger partial charge in [-0.2, -0.15) is 0 Å². The molecule has 1 N–H and O–H groups in total. The average Bonchev–Trinajstić information content (AvgIpc) is 3.15. The highest BCUT2D eigenvalue weighted by molar-refractivity contribution is 5.68. The Balaban J connectivity index is 1.90. The van der Waals surface area contributed by atoms with Gasteiger partial charge in [-0.05, 0) is 20.8 Å². The third-order valence-corrected chi connectivity index (χ3v) is 2.78. The summed E-state index contributed by atoms with van der Waals surface area (Å²) in [5, 5.41) is 2.64. The van der Waals surface area contributed by atoms with Crippen LogP contribution in [0.25, 0.3) is 0 Å². The van der Waals surface area contributed by atoms with E-state index < -0.39 is 29.4 Å². The van der Waals surface area contributed by atoms with Crippen LogP contribution < -0.4 is 10.1 Å². The third-order valence-electron chi connectivity index (χ3n) is 2.78. The number of hydrogen-bond acceptors (Lipinski definition) is 4. The van der Waals surface area contributed by atoms with Crippen molar-refractivity contribution in [1.29, 1.82) is 0 Å². The van der Waals surface area contributed by atoms with Gasteiger partial charge in [-0.1, -0.05) is 0 Å². The quantitative estimate of drug-likeness (QED) is 0.849. The van der Waals surface area contributed by atoms with E-state index in [0.717, 1.165) is 18.2 Å². The fourth-order valence-electron chi connectivity index (χ4n) is 1.79. The van der Waals surface area contributed by atoms with Gasteiger partial charge in [0.15, 0.2) is 0 Å². The van der Waals surface area contributed by atoms with Gasteiger partial charge in [0.1, 0.15) is 35.7 Å². The third kappa shape index (κ3) is 5.48. The summed E-state index contributed by atoms with van der Waals surface area (Å²) in [6.07, 6.45) is -0.784. The molecular weight excluding hydrogens is 296 g/mol. The molecular formula is C15H19F2NO4. The Bertz CT molecular complexity index is 521. The Hall–Kier alpha value is -1.89. The van der Waals surface area contributed by atoms with Crippen LogP contribution in [0, 0.1) is 11.6 Å². The second kappa shape index (κ2) is 6.48. The van der Waals surface area contributed by atoms with Crippen molar-refractivity contribution < 1.29 is 27.8 Å². The smallest absolute Gasteiger partial charge is 0.408 e. The maximum atomic E-state index is 13.1. The Morgan fingerprint density at radius 3 is 2.45 bits per heavy atom. The minimum Gasteiger partial charge on any atom is -0.491 e. The lowest BCUT2D eigenvalue weighted by Crippen LogP contribution is -2.45. The fourth-order valence-corrected chi connectivity index (χ4v) is 1.79. The number of epoxide rings is 1. The number of nitrogens with one attached hydrogen (secondary N) is 1. The van der Waals surface area contributed by atoms with Gasteiger partial charge in [0.05, 0.1) is 12.6 Å². The molecule has 1 aliphatic rings. The summed E-state index contributed by atoms with van der Waals surface area (Å²) >= 11 is 0. The monoisotopic (exact) mass is 315 g/mol. The summed E-state index contributed by atoms with van der Waals surface area (Å²) < 4.78 is 41.8. The number of amides is 1.